The minimum absolute atomic E-state index is 0.155. The maximum absolute atomic E-state index is 12.5. The molecular formula is C20H18N2O3. The van der Waals surface area contributed by atoms with Gasteiger partial charge >= 0.3 is 0 Å². The van der Waals surface area contributed by atoms with Gasteiger partial charge in [0.25, 0.3) is 5.91 Å². The fourth-order valence-corrected chi connectivity index (χ4v) is 2.46. The van der Waals surface area contributed by atoms with Crippen molar-refractivity contribution in [3.63, 3.8) is 0 Å². The van der Waals surface area contributed by atoms with Gasteiger partial charge in [-0.2, -0.15) is 9.72 Å². The summed E-state index contributed by atoms with van der Waals surface area (Å²) >= 11 is 0. The van der Waals surface area contributed by atoms with Gasteiger partial charge in [-0.1, -0.05) is 42.5 Å². The molecular weight excluding hydrogens is 316 g/mol. The van der Waals surface area contributed by atoms with Crippen LogP contribution in [0.4, 0.5) is 0 Å². The standard InChI is InChI=1S/C20H18N2O3/c1-2-25-18-14-16(15-8-4-3-5-9-15)11-12-17(18)20(23)21-19-10-6-7-13-22(19)24/h3-14,24H,2H2,1H3. The number of rotatable bonds is 4. The van der Waals surface area contributed by atoms with Crippen molar-refractivity contribution in [1.82, 2.24) is 4.73 Å². The third-order valence-corrected chi connectivity index (χ3v) is 3.65. The number of amides is 1. The number of carbonyl (C=O) groups excluding carboxylic acids is 1. The van der Waals surface area contributed by atoms with E-state index in [2.05, 4.69) is 4.99 Å². The largest absolute Gasteiger partial charge is 0.493 e. The Morgan fingerprint density at radius 1 is 1.04 bits per heavy atom. The van der Waals surface area contributed by atoms with E-state index in [1.54, 1.807) is 24.3 Å². The summed E-state index contributed by atoms with van der Waals surface area (Å²) in [4.78, 5) is 16.5. The predicted octanol–water partition coefficient (Wildman–Crippen LogP) is 3.53. The Hall–Kier alpha value is -3.34. The average Bonchev–Trinajstić information content (AvgIpc) is 2.64. The Morgan fingerprint density at radius 3 is 2.52 bits per heavy atom. The zero-order chi connectivity index (χ0) is 17.6. The average molecular weight is 334 g/mol. The van der Waals surface area contributed by atoms with Gasteiger partial charge in [-0.25, -0.2) is 0 Å². The van der Waals surface area contributed by atoms with Crippen molar-refractivity contribution >= 4 is 5.91 Å². The van der Waals surface area contributed by atoms with Crippen LogP contribution in [0.25, 0.3) is 11.1 Å². The van der Waals surface area contributed by atoms with Crippen LogP contribution in [0, 0.1) is 0 Å². The summed E-state index contributed by atoms with van der Waals surface area (Å²) in [6.45, 7) is 2.29. The Kier molecular flexibility index (Phi) is 4.95. The maximum Gasteiger partial charge on any atom is 0.282 e. The van der Waals surface area contributed by atoms with Gasteiger partial charge in [0, 0.05) is 6.20 Å². The first kappa shape index (κ1) is 16.5. The van der Waals surface area contributed by atoms with Crippen molar-refractivity contribution in [2.75, 3.05) is 6.61 Å². The molecule has 126 valence electrons. The first-order valence-corrected chi connectivity index (χ1v) is 7.97. The zero-order valence-electron chi connectivity index (χ0n) is 13.8. The molecule has 25 heavy (non-hydrogen) atoms. The van der Waals surface area contributed by atoms with Crippen LogP contribution in [-0.4, -0.2) is 22.5 Å². The van der Waals surface area contributed by atoms with Gasteiger partial charge in [0.15, 0.2) is 5.49 Å². The molecule has 2 aromatic carbocycles. The lowest BCUT2D eigenvalue weighted by atomic mass is 10.0. The second kappa shape index (κ2) is 7.49. The normalized spacial score (nSPS) is 11.3. The lowest BCUT2D eigenvalue weighted by Gasteiger charge is -2.10. The number of aromatic nitrogens is 1. The molecule has 0 aliphatic heterocycles. The van der Waals surface area contributed by atoms with Gasteiger partial charge in [0.1, 0.15) is 5.75 Å². The Morgan fingerprint density at radius 2 is 1.80 bits per heavy atom. The van der Waals surface area contributed by atoms with Gasteiger partial charge in [0.2, 0.25) is 0 Å². The van der Waals surface area contributed by atoms with Crippen LogP contribution in [0.2, 0.25) is 0 Å². The van der Waals surface area contributed by atoms with E-state index < -0.39 is 5.91 Å². The number of hydrogen-bond acceptors (Lipinski definition) is 3. The highest BCUT2D eigenvalue weighted by Gasteiger charge is 2.13. The summed E-state index contributed by atoms with van der Waals surface area (Å²) in [7, 11) is 0. The van der Waals surface area contributed by atoms with Crippen LogP contribution in [0.15, 0.2) is 77.9 Å². The van der Waals surface area contributed by atoms with Crippen molar-refractivity contribution in [3.8, 4) is 16.9 Å². The van der Waals surface area contributed by atoms with Gasteiger partial charge in [-0.15, -0.1) is 0 Å². The Bertz CT molecular complexity index is 946. The number of ether oxygens (including phenoxy) is 1. The number of benzene rings is 2. The van der Waals surface area contributed by atoms with Crippen molar-refractivity contribution in [2.24, 2.45) is 4.99 Å². The SMILES string of the molecule is CCOc1cc(-c2ccccc2)ccc1C(=O)N=c1ccccn1O. The fourth-order valence-electron chi connectivity index (χ4n) is 2.46. The molecule has 0 spiro atoms. The third kappa shape index (κ3) is 3.77. The molecule has 0 aliphatic rings. The second-order valence-corrected chi connectivity index (χ2v) is 5.33. The molecule has 5 nitrogen and oxygen atoms in total. The smallest absolute Gasteiger partial charge is 0.282 e. The first-order chi connectivity index (χ1) is 12.2. The second-order valence-electron chi connectivity index (χ2n) is 5.33. The Balaban J connectivity index is 2.03. The highest BCUT2D eigenvalue weighted by atomic mass is 16.5. The lowest BCUT2D eigenvalue weighted by Crippen LogP contribution is -2.19. The molecule has 3 aromatic rings. The lowest BCUT2D eigenvalue weighted by molar-refractivity contribution is 0.0984. The van der Waals surface area contributed by atoms with Crippen LogP contribution < -0.4 is 10.2 Å². The van der Waals surface area contributed by atoms with Crippen molar-refractivity contribution < 1.29 is 14.7 Å². The van der Waals surface area contributed by atoms with E-state index >= 15 is 0 Å². The minimum atomic E-state index is -0.475. The van der Waals surface area contributed by atoms with Gasteiger partial charge < -0.3 is 9.94 Å². The maximum atomic E-state index is 12.5. The van der Waals surface area contributed by atoms with Crippen LogP contribution in [0.5, 0.6) is 5.75 Å². The van der Waals surface area contributed by atoms with E-state index in [0.717, 1.165) is 15.9 Å². The molecule has 0 bridgehead atoms. The molecule has 0 saturated carbocycles. The third-order valence-electron chi connectivity index (χ3n) is 3.65. The van der Waals surface area contributed by atoms with Crippen LogP contribution in [0.3, 0.4) is 0 Å². The molecule has 1 amide bonds. The number of pyridine rings is 1. The summed E-state index contributed by atoms with van der Waals surface area (Å²) in [5.74, 6) is -0.00455. The number of carbonyl (C=O) groups is 1. The molecule has 0 unspecified atom stereocenters. The highest BCUT2D eigenvalue weighted by Crippen LogP contribution is 2.28. The van der Waals surface area contributed by atoms with E-state index in [9.17, 15) is 10.0 Å². The van der Waals surface area contributed by atoms with E-state index in [1.165, 1.54) is 6.20 Å². The molecule has 5 heteroatoms. The molecule has 1 aromatic heterocycles. The fraction of sp³-hybridized carbons (Fsp3) is 0.100. The first-order valence-electron chi connectivity index (χ1n) is 7.97. The van der Waals surface area contributed by atoms with Gasteiger partial charge in [0.05, 0.1) is 12.2 Å². The molecule has 1 N–H and O–H groups in total. The van der Waals surface area contributed by atoms with Crippen molar-refractivity contribution in [2.45, 2.75) is 6.92 Å². The molecule has 0 aliphatic carbocycles. The summed E-state index contributed by atoms with van der Waals surface area (Å²) in [6, 6.07) is 20.1. The molecule has 0 fully saturated rings. The van der Waals surface area contributed by atoms with Crippen molar-refractivity contribution in [1.29, 1.82) is 0 Å². The molecule has 3 rings (SSSR count). The van der Waals surface area contributed by atoms with E-state index in [4.69, 9.17) is 4.74 Å². The molecule has 0 radical (unpaired) electrons. The zero-order valence-corrected chi connectivity index (χ0v) is 13.8. The Labute approximate surface area is 145 Å². The van der Waals surface area contributed by atoms with E-state index in [0.29, 0.717) is 17.9 Å². The van der Waals surface area contributed by atoms with Crippen LogP contribution >= 0.6 is 0 Å². The highest BCUT2D eigenvalue weighted by molar-refractivity contribution is 5.98. The van der Waals surface area contributed by atoms with Gasteiger partial charge in [-0.05, 0) is 42.3 Å². The molecule has 0 saturated heterocycles. The summed E-state index contributed by atoms with van der Waals surface area (Å²) in [5.41, 5.74) is 2.50. The van der Waals surface area contributed by atoms with Crippen LogP contribution in [0.1, 0.15) is 17.3 Å². The molecule has 1 heterocycles. The van der Waals surface area contributed by atoms with Crippen molar-refractivity contribution in [3.05, 3.63) is 84.0 Å². The number of hydrogen-bond donors (Lipinski definition) is 1. The van der Waals surface area contributed by atoms with Crippen LogP contribution in [-0.2, 0) is 0 Å². The number of nitrogens with zero attached hydrogens (tertiary/aromatic N) is 2. The summed E-state index contributed by atoms with van der Waals surface area (Å²) < 4.78 is 6.44. The predicted molar refractivity (Wildman–Crippen MR) is 94.6 cm³/mol. The quantitative estimate of drug-likeness (QED) is 0.742. The van der Waals surface area contributed by atoms with E-state index in [1.807, 2.05) is 49.4 Å². The summed E-state index contributed by atoms with van der Waals surface area (Å²) in [5, 5.41) is 9.71. The van der Waals surface area contributed by atoms with E-state index in [-0.39, 0.29) is 5.49 Å². The monoisotopic (exact) mass is 334 g/mol. The summed E-state index contributed by atoms with van der Waals surface area (Å²) in [6.07, 6.45) is 1.41. The topological polar surface area (TPSA) is 63.8 Å². The minimum Gasteiger partial charge on any atom is -0.493 e. The molecule has 0 atom stereocenters. The van der Waals surface area contributed by atoms with Gasteiger partial charge in [-0.3, -0.25) is 4.79 Å².